The lowest BCUT2D eigenvalue weighted by atomic mass is 10.2. The number of carbonyl (C=O) groups excluding carboxylic acids is 1. The van der Waals surface area contributed by atoms with Crippen LogP contribution in [0.5, 0.6) is 0 Å². The van der Waals surface area contributed by atoms with E-state index in [1.165, 1.54) is 5.69 Å². The summed E-state index contributed by atoms with van der Waals surface area (Å²) in [6.45, 7) is 0. The molecule has 0 unspecified atom stereocenters. The maximum atomic E-state index is 11.3. The van der Waals surface area contributed by atoms with Gasteiger partial charge < -0.3 is 5.32 Å². The minimum atomic E-state index is -0.0436. The first-order valence-electron chi connectivity index (χ1n) is 4.59. The Morgan fingerprint density at radius 3 is 2.00 bits per heavy atom. The van der Waals surface area contributed by atoms with Crippen molar-refractivity contribution in [2.75, 3.05) is 28.2 Å². The van der Waals surface area contributed by atoms with Crippen LogP contribution in [0.25, 0.3) is 0 Å². The highest BCUT2D eigenvalue weighted by Gasteiger charge is 2.12. The van der Waals surface area contributed by atoms with Crippen molar-refractivity contribution in [3.05, 3.63) is 29.8 Å². The predicted molar refractivity (Wildman–Crippen MR) is 59.4 cm³/mol. The van der Waals surface area contributed by atoms with Gasteiger partial charge in [-0.3, -0.25) is 9.28 Å². The van der Waals surface area contributed by atoms with Crippen LogP contribution in [0, 0.1) is 0 Å². The number of quaternary nitrogens is 1. The molecule has 0 spiro atoms. The fraction of sp³-hybridized carbons (Fsp3) is 0.364. The van der Waals surface area contributed by atoms with E-state index in [9.17, 15) is 4.79 Å². The molecule has 0 aliphatic heterocycles. The monoisotopic (exact) mass is 193 g/mol. The van der Waals surface area contributed by atoms with Gasteiger partial charge in [-0.05, 0) is 24.3 Å². The molecule has 1 aromatic carbocycles. The number of nitrogens with one attached hydrogen (secondary N) is 1. The zero-order valence-corrected chi connectivity index (χ0v) is 9.16. The zero-order valence-electron chi connectivity index (χ0n) is 9.16. The van der Waals surface area contributed by atoms with Crippen molar-refractivity contribution in [2.24, 2.45) is 0 Å². The number of rotatable bonds is 2. The van der Waals surface area contributed by atoms with Gasteiger partial charge in [0.25, 0.3) is 5.91 Å². The predicted octanol–water partition coefficient (Wildman–Crippen LogP) is 1.24. The molecular formula is C11H17N2O+. The molecule has 1 aromatic rings. The van der Waals surface area contributed by atoms with E-state index in [1.807, 2.05) is 24.3 Å². The molecule has 0 fully saturated rings. The summed E-state index contributed by atoms with van der Waals surface area (Å²) in [6, 6.07) is 7.64. The third kappa shape index (κ3) is 2.33. The summed E-state index contributed by atoms with van der Waals surface area (Å²) in [5.74, 6) is -0.0436. The van der Waals surface area contributed by atoms with Gasteiger partial charge in [-0.15, -0.1) is 0 Å². The van der Waals surface area contributed by atoms with E-state index in [1.54, 1.807) is 7.05 Å². The number of amides is 1. The number of nitrogens with zero attached hydrogens (tertiary/aromatic N) is 1. The van der Waals surface area contributed by atoms with Crippen molar-refractivity contribution in [3.63, 3.8) is 0 Å². The lowest BCUT2D eigenvalue weighted by Gasteiger charge is -2.23. The van der Waals surface area contributed by atoms with Gasteiger partial charge in [0.1, 0.15) is 5.69 Å². The Morgan fingerprint density at radius 2 is 1.64 bits per heavy atom. The van der Waals surface area contributed by atoms with Gasteiger partial charge >= 0.3 is 0 Å². The fourth-order valence-corrected chi connectivity index (χ4v) is 1.20. The van der Waals surface area contributed by atoms with Crippen molar-refractivity contribution in [1.29, 1.82) is 0 Å². The molecule has 0 aromatic heterocycles. The van der Waals surface area contributed by atoms with E-state index in [0.717, 1.165) is 4.48 Å². The maximum absolute atomic E-state index is 11.3. The van der Waals surface area contributed by atoms with Gasteiger partial charge in [0, 0.05) is 12.6 Å². The van der Waals surface area contributed by atoms with Gasteiger partial charge in [0.05, 0.1) is 21.1 Å². The molecule has 0 radical (unpaired) electrons. The van der Waals surface area contributed by atoms with Crippen molar-refractivity contribution in [1.82, 2.24) is 9.80 Å². The molecule has 76 valence electrons. The summed E-state index contributed by atoms with van der Waals surface area (Å²) >= 11 is 0. The van der Waals surface area contributed by atoms with Gasteiger partial charge in [-0.2, -0.15) is 0 Å². The molecule has 3 nitrogen and oxygen atoms in total. The molecule has 0 saturated carbocycles. The highest BCUT2D eigenvalue weighted by molar-refractivity contribution is 5.94. The van der Waals surface area contributed by atoms with Gasteiger partial charge in [0.2, 0.25) is 0 Å². The van der Waals surface area contributed by atoms with Crippen LogP contribution in [0.1, 0.15) is 10.4 Å². The third-order valence-electron chi connectivity index (χ3n) is 2.13. The number of benzene rings is 1. The topological polar surface area (TPSA) is 29.1 Å². The van der Waals surface area contributed by atoms with Gasteiger partial charge in [0.15, 0.2) is 0 Å². The number of hydrogen-bond donors (Lipinski definition) is 1. The molecule has 0 bridgehead atoms. The van der Waals surface area contributed by atoms with Crippen LogP contribution in [0.2, 0.25) is 0 Å². The average molecular weight is 193 g/mol. The molecule has 0 atom stereocenters. The summed E-state index contributed by atoms with van der Waals surface area (Å²) in [4.78, 5) is 11.3. The molecule has 1 amide bonds. The smallest absolute Gasteiger partial charge is 0.251 e. The second kappa shape index (κ2) is 3.80. The quantitative estimate of drug-likeness (QED) is 0.703. The maximum Gasteiger partial charge on any atom is 0.251 e. The molecule has 0 heterocycles. The van der Waals surface area contributed by atoms with Gasteiger partial charge in [-0.1, -0.05) is 0 Å². The van der Waals surface area contributed by atoms with E-state index in [0.29, 0.717) is 5.56 Å². The van der Waals surface area contributed by atoms with Crippen molar-refractivity contribution in [2.45, 2.75) is 0 Å². The minimum absolute atomic E-state index is 0.0436. The normalized spacial score (nSPS) is 11.1. The van der Waals surface area contributed by atoms with Crippen LogP contribution in [0.3, 0.4) is 0 Å². The van der Waals surface area contributed by atoms with Gasteiger partial charge in [-0.25, -0.2) is 0 Å². The number of carbonyl (C=O) groups is 1. The molecule has 3 heteroatoms. The zero-order chi connectivity index (χ0) is 10.8. The molecule has 0 aliphatic rings. The lowest BCUT2D eigenvalue weighted by molar-refractivity contribution is 0.0963. The summed E-state index contributed by atoms with van der Waals surface area (Å²) in [5, 5.41) is 2.60. The highest BCUT2D eigenvalue weighted by atomic mass is 16.1. The van der Waals surface area contributed by atoms with E-state index in [2.05, 4.69) is 26.5 Å². The third-order valence-corrected chi connectivity index (χ3v) is 2.13. The summed E-state index contributed by atoms with van der Waals surface area (Å²) in [7, 11) is 7.91. The Bertz CT molecular complexity index is 322. The Hall–Kier alpha value is -1.35. The summed E-state index contributed by atoms with van der Waals surface area (Å²) in [6.07, 6.45) is 0. The lowest BCUT2D eigenvalue weighted by Crippen LogP contribution is -2.34. The first kappa shape index (κ1) is 10.7. The van der Waals surface area contributed by atoms with E-state index < -0.39 is 0 Å². The van der Waals surface area contributed by atoms with Crippen LogP contribution in [0.4, 0.5) is 5.69 Å². The molecule has 1 rings (SSSR count). The minimum Gasteiger partial charge on any atom is -0.355 e. The second-order valence-electron chi connectivity index (χ2n) is 4.14. The molecule has 0 aliphatic carbocycles. The molecular weight excluding hydrogens is 176 g/mol. The summed E-state index contributed by atoms with van der Waals surface area (Å²) in [5.41, 5.74) is 1.88. The first-order valence-corrected chi connectivity index (χ1v) is 4.59. The van der Waals surface area contributed by atoms with Crippen LogP contribution in [-0.2, 0) is 0 Å². The van der Waals surface area contributed by atoms with E-state index >= 15 is 0 Å². The largest absolute Gasteiger partial charge is 0.355 e. The first-order chi connectivity index (χ1) is 6.45. The highest BCUT2D eigenvalue weighted by Crippen LogP contribution is 2.16. The van der Waals surface area contributed by atoms with Crippen molar-refractivity contribution in [3.8, 4) is 0 Å². The van der Waals surface area contributed by atoms with Crippen LogP contribution < -0.4 is 9.80 Å². The molecule has 1 N–H and O–H groups in total. The molecule has 14 heavy (non-hydrogen) atoms. The van der Waals surface area contributed by atoms with Crippen molar-refractivity contribution >= 4 is 11.6 Å². The van der Waals surface area contributed by atoms with Crippen LogP contribution in [0.15, 0.2) is 24.3 Å². The number of hydrogen-bond acceptors (Lipinski definition) is 1. The SMILES string of the molecule is CNC(=O)c1ccc([N+](C)(C)C)cc1. The summed E-state index contributed by atoms with van der Waals surface area (Å²) < 4.78 is 0.758. The van der Waals surface area contributed by atoms with E-state index in [-0.39, 0.29) is 5.91 Å². The average Bonchev–Trinajstić information content (AvgIpc) is 2.15. The Balaban J connectivity index is 2.95. The van der Waals surface area contributed by atoms with Crippen LogP contribution >= 0.6 is 0 Å². The standard InChI is InChI=1S/C11H16N2O/c1-12-11(14)9-5-7-10(8-6-9)13(2,3)4/h5-8H,1-4H3/p+1. The van der Waals surface area contributed by atoms with E-state index in [4.69, 9.17) is 0 Å². The Morgan fingerprint density at radius 1 is 1.14 bits per heavy atom. The molecule has 0 saturated heterocycles. The van der Waals surface area contributed by atoms with Crippen LogP contribution in [-0.4, -0.2) is 34.1 Å². The Kier molecular flexibility index (Phi) is 2.91. The Labute approximate surface area is 84.9 Å². The fourth-order valence-electron chi connectivity index (χ4n) is 1.20. The van der Waals surface area contributed by atoms with Crippen molar-refractivity contribution < 1.29 is 4.79 Å². The second-order valence-corrected chi connectivity index (χ2v) is 4.14.